The Kier molecular flexibility index (Phi) is 7.10. The summed E-state index contributed by atoms with van der Waals surface area (Å²) in [6, 6.07) is 7.52. The third kappa shape index (κ3) is 5.22. The number of anilines is 1. The van der Waals surface area contributed by atoms with E-state index in [-0.39, 0.29) is 11.8 Å². The molecule has 1 N–H and O–H groups in total. The lowest BCUT2D eigenvalue weighted by Crippen LogP contribution is -2.46. The number of ether oxygens (including phenoxy) is 1. The van der Waals surface area contributed by atoms with Crippen molar-refractivity contribution >= 4 is 17.5 Å². The maximum absolute atomic E-state index is 12.6. The van der Waals surface area contributed by atoms with Crippen molar-refractivity contribution in [1.82, 2.24) is 10.2 Å². The van der Waals surface area contributed by atoms with E-state index >= 15 is 0 Å². The third-order valence-corrected chi connectivity index (χ3v) is 5.32. The molecule has 0 saturated carbocycles. The summed E-state index contributed by atoms with van der Waals surface area (Å²) in [7, 11) is 0. The highest BCUT2D eigenvalue weighted by atomic mass is 16.5. The van der Waals surface area contributed by atoms with Crippen LogP contribution in [0.15, 0.2) is 24.3 Å². The molecule has 1 aromatic carbocycles. The van der Waals surface area contributed by atoms with E-state index in [1.54, 1.807) is 4.90 Å². The van der Waals surface area contributed by atoms with E-state index in [1.807, 2.05) is 31.2 Å². The smallest absolute Gasteiger partial charge is 0.268 e. The minimum atomic E-state index is -0.464. The van der Waals surface area contributed by atoms with Crippen LogP contribution in [0.2, 0.25) is 0 Å². The Hall–Kier alpha value is -2.08. The molecule has 0 radical (unpaired) electrons. The van der Waals surface area contributed by atoms with E-state index in [0.717, 1.165) is 25.1 Å². The molecule has 3 rings (SSSR count). The van der Waals surface area contributed by atoms with Crippen LogP contribution in [0, 0.1) is 0 Å². The molecule has 0 bridgehead atoms. The van der Waals surface area contributed by atoms with Gasteiger partial charge in [0.25, 0.3) is 5.91 Å². The fourth-order valence-electron chi connectivity index (χ4n) is 3.76. The highest BCUT2D eigenvalue weighted by molar-refractivity contribution is 6.00. The second-order valence-corrected chi connectivity index (χ2v) is 7.33. The number of hydrogen-bond acceptors (Lipinski definition) is 4. The van der Waals surface area contributed by atoms with Gasteiger partial charge in [-0.2, -0.15) is 0 Å². The minimum absolute atomic E-state index is 0.000920. The van der Waals surface area contributed by atoms with E-state index in [1.165, 1.54) is 25.9 Å². The number of hydrogen-bond donors (Lipinski definition) is 1. The van der Waals surface area contributed by atoms with Gasteiger partial charge in [0.05, 0.1) is 5.69 Å². The number of rotatable bonds is 9. The quantitative estimate of drug-likeness (QED) is 0.676. The molecule has 0 aliphatic carbocycles. The van der Waals surface area contributed by atoms with E-state index in [0.29, 0.717) is 31.7 Å². The molecular formula is C21H31N3O3. The Balaban J connectivity index is 1.41. The number of likely N-dealkylation sites (tertiary alicyclic amines) is 1. The van der Waals surface area contributed by atoms with Crippen molar-refractivity contribution in [3.05, 3.63) is 24.3 Å². The predicted octanol–water partition coefficient (Wildman–Crippen LogP) is 2.57. The second-order valence-electron chi connectivity index (χ2n) is 7.33. The first-order chi connectivity index (χ1) is 13.2. The number of carbonyl (C=O) groups is 2. The largest absolute Gasteiger partial charge is 0.478 e. The molecule has 1 fully saturated rings. The molecular weight excluding hydrogens is 342 g/mol. The van der Waals surface area contributed by atoms with E-state index < -0.39 is 6.10 Å². The van der Waals surface area contributed by atoms with Crippen LogP contribution in [-0.2, 0) is 9.59 Å². The number of nitrogens with zero attached hydrogens (tertiary/aromatic N) is 2. The molecule has 2 aliphatic heterocycles. The third-order valence-electron chi connectivity index (χ3n) is 5.32. The van der Waals surface area contributed by atoms with Crippen LogP contribution in [0.4, 0.5) is 5.69 Å². The van der Waals surface area contributed by atoms with Gasteiger partial charge in [-0.3, -0.25) is 9.59 Å². The fraction of sp³-hybridized carbons (Fsp3) is 0.619. The van der Waals surface area contributed by atoms with E-state index in [2.05, 4.69) is 10.2 Å². The topological polar surface area (TPSA) is 61.9 Å². The average Bonchev–Trinajstić information content (AvgIpc) is 3.20. The number of amides is 2. The van der Waals surface area contributed by atoms with Gasteiger partial charge in [0.1, 0.15) is 5.75 Å². The first-order valence-electron chi connectivity index (χ1n) is 10.2. The van der Waals surface area contributed by atoms with Gasteiger partial charge >= 0.3 is 0 Å². The summed E-state index contributed by atoms with van der Waals surface area (Å²) >= 11 is 0. The van der Waals surface area contributed by atoms with E-state index in [4.69, 9.17) is 4.74 Å². The average molecular weight is 373 g/mol. The molecule has 2 heterocycles. The van der Waals surface area contributed by atoms with Gasteiger partial charge in [0, 0.05) is 19.5 Å². The highest BCUT2D eigenvalue weighted by Gasteiger charge is 2.33. The Morgan fingerprint density at radius 1 is 1.19 bits per heavy atom. The molecule has 6 heteroatoms. The van der Waals surface area contributed by atoms with Crippen LogP contribution in [0.5, 0.6) is 5.75 Å². The van der Waals surface area contributed by atoms with Gasteiger partial charge in [-0.15, -0.1) is 0 Å². The molecule has 27 heavy (non-hydrogen) atoms. The summed E-state index contributed by atoms with van der Waals surface area (Å²) in [5, 5.41) is 2.98. The van der Waals surface area contributed by atoms with Crippen molar-refractivity contribution in [2.45, 2.75) is 51.6 Å². The van der Waals surface area contributed by atoms with Crippen LogP contribution in [0.3, 0.4) is 0 Å². The SMILES string of the molecule is CCC1Oc2ccccc2N(CCC(=O)NCCCCN2CCCC2)C1=O. The molecule has 1 unspecified atom stereocenters. The minimum Gasteiger partial charge on any atom is -0.478 e. The van der Waals surface area contributed by atoms with Crippen LogP contribution >= 0.6 is 0 Å². The number of benzene rings is 1. The van der Waals surface area contributed by atoms with Crippen molar-refractivity contribution in [1.29, 1.82) is 0 Å². The fourth-order valence-corrected chi connectivity index (χ4v) is 3.76. The lowest BCUT2D eigenvalue weighted by Gasteiger charge is -2.33. The van der Waals surface area contributed by atoms with E-state index in [9.17, 15) is 9.59 Å². The Labute approximate surface area is 161 Å². The van der Waals surface area contributed by atoms with Crippen LogP contribution < -0.4 is 15.0 Å². The number of nitrogens with one attached hydrogen (secondary N) is 1. The van der Waals surface area contributed by atoms with Crippen molar-refractivity contribution in [2.24, 2.45) is 0 Å². The molecule has 2 aliphatic rings. The number of unbranched alkanes of at least 4 members (excludes halogenated alkanes) is 1. The summed E-state index contributed by atoms with van der Waals surface area (Å²) in [4.78, 5) is 29.0. The lowest BCUT2D eigenvalue weighted by molar-refractivity contribution is -0.126. The Bertz CT molecular complexity index is 643. The zero-order valence-corrected chi connectivity index (χ0v) is 16.3. The lowest BCUT2D eigenvalue weighted by atomic mass is 10.1. The number of fused-ring (bicyclic) bond motifs is 1. The second kappa shape index (κ2) is 9.74. The molecule has 1 atom stereocenters. The van der Waals surface area contributed by atoms with Crippen molar-refractivity contribution in [2.75, 3.05) is 37.6 Å². The van der Waals surface area contributed by atoms with Crippen LogP contribution in [0.25, 0.3) is 0 Å². The van der Waals surface area contributed by atoms with Gasteiger partial charge < -0.3 is 19.9 Å². The molecule has 1 saturated heterocycles. The van der Waals surface area contributed by atoms with Gasteiger partial charge in [-0.1, -0.05) is 19.1 Å². The molecule has 148 valence electrons. The number of carbonyl (C=O) groups excluding carboxylic acids is 2. The first-order valence-corrected chi connectivity index (χ1v) is 10.2. The molecule has 6 nitrogen and oxygen atoms in total. The molecule has 0 aromatic heterocycles. The zero-order valence-electron chi connectivity index (χ0n) is 16.3. The standard InChI is InChI=1S/C21H31N3O3/c1-2-18-21(26)24(17-9-3-4-10-19(17)27-18)16-11-20(25)22-12-5-6-13-23-14-7-8-15-23/h3-4,9-10,18H,2,5-8,11-16H2,1H3,(H,22,25). The number of para-hydroxylation sites is 2. The van der Waals surface area contributed by atoms with Gasteiger partial charge in [0.2, 0.25) is 5.91 Å². The summed E-state index contributed by atoms with van der Waals surface area (Å²) in [5.41, 5.74) is 0.755. The van der Waals surface area contributed by atoms with Gasteiger partial charge in [-0.25, -0.2) is 0 Å². The van der Waals surface area contributed by atoms with Gasteiger partial charge in [-0.05, 0) is 63.9 Å². The maximum Gasteiger partial charge on any atom is 0.268 e. The van der Waals surface area contributed by atoms with Crippen molar-refractivity contribution < 1.29 is 14.3 Å². The van der Waals surface area contributed by atoms with Crippen molar-refractivity contribution in [3.63, 3.8) is 0 Å². The summed E-state index contributed by atoms with van der Waals surface area (Å²) < 4.78 is 5.77. The maximum atomic E-state index is 12.6. The van der Waals surface area contributed by atoms with Crippen LogP contribution in [0.1, 0.15) is 45.4 Å². The molecule has 0 spiro atoms. The van der Waals surface area contributed by atoms with Crippen LogP contribution in [-0.4, -0.2) is 55.5 Å². The predicted molar refractivity (Wildman–Crippen MR) is 106 cm³/mol. The van der Waals surface area contributed by atoms with Crippen molar-refractivity contribution in [3.8, 4) is 5.75 Å². The summed E-state index contributed by atoms with van der Waals surface area (Å²) in [6.07, 6.45) is 5.22. The highest BCUT2D eigenvalue weighted by Crippen LogP contribution is 2.34. The monoisotopic (exact) mass is 373 g/mol. The van der Waals surface area contributed by atoms with Gasteiger partial charge in [0.15, 0.2) is 6.10 Å². The zero-order chi connectivity index (χ0) is 19.1. The normalized spacial score (nSPS) is 19.7. The molecule has 2 amide bonds. The molecule has 1 aromatic rings. The first kappa shape index (κ1) is 19.7. The Morgan fingerprint density at radius 3 is 2.74 bits per heavy atom. The summed E-state index contributed by atoms with van der Waals surface area (Å²) in [5.74, 6) is 0.655. The summed E-state index contributed by atoms with van der Waals surface area (Å²) in [6.45, 7) is 6.60. The Morgan fingerprint density at radius 2 is 1.96 bits per heavy atom.